The number of carbonyl (C=O) groups is 1. The highest BCUT2D eigenvalue weighted by Crippen LogP contribution is 2.07. The van der Waals surface area contributed by atoms with Crippen LogP contribution in [-0.4, -0.2) is 22.2 Å². The molecule has 0 radical (unpaired) electrons. The van der Waals surface area contributed by atoms with Gasteiger partial charge in [-0.05, 0) is 6.92 Å². The number of rotatable bonds is 4. The molecule has 86 valence electrons. The van der Waals surface area contributed by atoms with E-state index in [9.17, 15) is 4.79 Å². The lowest BCUT2D eigenvalue weighted by Crippen LogP contribution is -2.34. The van der Waals surface area contributed by atoms with Gasteiger partial charge in [-0.15, -0.1) is 11.8 Å². The van der Waals surface area contributed by atoms with Gasteiger partial charge < -0.3 is 11.1 Å². The Morgan fingerprint density at radius 3 is 3.06 bits per heavy atom. The number of hydrogen-bond acceptors (Lipinski definition) is 3. The molecule has 1 amide bonds. The van der Waals surface area contributed by atoms with Crippen molar-refractivity contribution in [3.63, 3.8) is 0 Å². The summed E-state index contributed by atoms with van der Waals surface area (Å²) in [6.07, 6.45) is 3.97. The van der Waals surface area contributed by atoms with E-state index in [1.165, 1.54) is 0 Å². The van der Waals surface area contributed by atoms with Crippen LogP contribution in [0.15, 0.2) is 12.4 Å². The summed E-state index contributed by atoms with van der Waals surface area (Å²) in [5.41, 5.74) is 6.47. The van der Waals surface area contributed by atoms with Gasteiger partial charge in [-0.25, -0.2) is 0 Å². The third kappa shape index (κ3) is 3.41. The van der Waals surface area contributed by atoms with E-state index in [0.717, 1.165) is 0 Å². The minimum Gasteiger partial charge on any atom is -0.353 e. The monoisotopic (exact) mass is 220 g/mol. The van der Waals surface area contributed by atoms with Gasteiger partial charge in [0.1, 0.15) is 6.04 Å². The fourth-order valence-electron chi connectivity index (χ4n) is 1.24. The summed E-state index contributed by atoms with van der Waals surface area (Å²) in [7, 11) is 1.78. The molecule has 1 aromatic rings. The number of carbonyl (C=O) groups excluding carboxylic acids is 1. The molecule has 16 heavy (non-hydrogen) atoms. The molecule has 5 nitrogen and oxygen atoms in total. The van der Waals surface area contributed by atoms with Crippen molar-refractivity contribution in [3.05, 3.63) is 18.0 Å². The first-order valence-corrected chi connectivity index (χ1v) is 5.06. The number of aryl methyl sites for hydroxylation is 1. The highest BCUT2D eigenvalue weighted by atomic mass is 16.2. The molecular formula is C11H16N4O. The summed E-state index contributed by atoms with van der Waals surface area (Å²) in [4.78, 5) is 11.6. The van der Waals surface area contributed by atoms with Crippen molar-refractivity contribution in [2.24, 2.45) is 12.8 Å². The Labute approximate surface area is 95.0 Å². The number of nitrogens with zero attached hydrogens (tertiary/aromatic N) is 2. The molecule has 0 spiro atoms. The van der Waals surface area contributed by atoms with Crippen molar-refractivity contribution < 1.29 is 4.79 Å². The van der Waals surface area contributed by atoms with Gasteiger partial charge in [0.05, 0.1) is 6.20 Å². The van der Waals surface area contributed by atoms with Crippen LogP contribution in [0.2, 0.25) is 0 Å². The first-order valence-electron chi connectivity index (χ1n) is 5.06. The van der Waals surface area contributed by atoms with Crippen molar-refractivity contribution in [2.75, 3.05) is 6.54 Å². The van der Waals surface area contributed by atoms with E-state index in [1.807, 2.05) is 0 Å². The summed E-state index contributed by atoms with van der Waals surface area (Å²) < 4.78 is 1.62. The first kappa shape index (κ1) is 12.3. The Balaban J connectivity index is 2.44. The number of aromatic nitrogens is 2. The van der Waals surface area contributed by atoms with Crippen LogP contribution >= 0.6 is 0 Å². The predicted molar refractivity (Wildman–Crippen MR) is 61.2 cm³/mol. The largest absolute Gasteiger partial charge is 0.353 e. The van der Waals surface area contributed by atoms with Gasteiger partial charge in [0.25, 0.3) is 0 Å². The van der Waals surface area contributed by atoms with Gasteiger partial charge in [-0.2, -0.15) is 5.10 Å². The second kappa shape index (κ2) is 5.93. The molecule has 0 fully saturated rings. The Kier molecular flexibility index (Phi) is 4.55. The zero-order valence-corrected chi connectivity index (χ0v) is 9.53. The van der Waals surface area contributed by atoms with Crippen LogP contribution in [-0.2, 0) is 11.8 Å². The van der Waals surface area contributed by atoms with Crippen molar-refractivity contribution >= 4 is 5.91 Å². The highest BCUT2D eigenvalue weighted by Gasteiger charge is 2.16. The maximum Gasteiger partial charge on any atom is 0.241 e. The molecular weight excluding hydrogens is 204 g/mol. The molecule has 1 rings (SSSR count). The molecule has 0 bridgehead atoms. The van der Waals surface area contributed by atoms with Crippen LogP contribution in [0.4, 0.5) is 0 Å². The maximum absolute atomic E-state index is 11.6. The van der Waals surface area contributed by atoms with Crippen molar-refractivity contribution in [2.45, 2.75) is 19.4 Å². The summed E-state index contributed by atoms with van der Waals surface area (Å²) >= 11 is 0. The van der Waals surface area contributed by atoms with Crippen molar-refractivity contribution in [1.82, 2.24) is 15.1 Å². The fourth-order valence-corrected chi connectivity index (χ4v) is 1.24. The summed E-state index contributed by atoms with van der Waals surface area (Å²) in [6.45, 7) is 2.29. The molecule has 1 heterocycles. The van der Waals surface area contributed by atoms with Crippen molar-refractivity contribution in [1.29, 1.82) is 0 Å². The van der Waals surface area contributed by atoms with E-state index in [0.29, 0.717) is 18.5 Å². The van der Waals surface area contributed by atoms with Gasteiger partial charge in [-0.3, -0.25) is 9.48 Å². The lowest BCUT2D eigenvalue weighted by Gasteiger charge is -2.09. The zero-order chi connectivity index (χ0) is 12.0. The van der Waals surface area contributed by atoms with Gasteiger partial charge in [0.15, 0.2) is 0 Å². The molecule has 0 aliphatic rings. The molecule has 0 saturated heterocycles. The summed E-state index contributed by atoms with van der Waals surface area (Å²) in [5, 5.41) is 6.69. The van der Waals surface area contributed by atoms with Gasteiger partial charge in [0, 0.05) is 31.8 Å². The first-order chi connectivity index (χ1) is 7.65. The van der Waals surface area contributed by atoms with Crippen LogP contribution in [0, 0.1) is 11.8 Å². The van der Waals surface area contributed by atoms with E-state index in [1.54, 1.807) is 31.0 Å². The van der Waals surface area contributed by atoms with Crippen LogP contribution in [0.5, 0.6) is 0 Å². The molecule has 0 aromatic carbocycles. The third-order valence-electron chi connectivity index (χ3n) is 2.09. The van der Waals surface area contributed by atoms with E-state index in [2.05, 4.69) is 22.3 Å². The normalized spacial score (nSPS) is 11.4. The van der Waals surface area contributed by atoms with E-state index >= 15 is 0 Å². The van der Waals surface area contributed by atoms with Gasteiger partial charge in [0.2, 0.25) is 5.91 Å². The van der Waals surface area contributed by atoms with E-state index < -0.39 is 6.04 Å². The summed E-state index contributed by atoms with van der Waals surface area (Å²) in [6, 6.07) is -0.664. The van der Waals surface area contributed by atoms with Gasteiger partial charge in [-0.1, -0.05) is 0 Å². The predicted octanol–water partition coefficient (Wildman–Crippen LogP) is -0.0505. The molecule has 0 aliphatic carbocycles. The molecule has 3 N–H and O–H groups in total. The number of nitrogens with two attached hydrogens (primary N) is 1. The summed E-state index contributed by atoms with van der Waals surface area (Å²) in [5.74, 6) is 5.42. The Morgan fingerprint density at radius 2 is 2.50 bits per heavy atom. The molecule has 1 atom stereocenters. The van der Waals surface area contributed by atoms with Crippen LogP contribution in [0.25, 0.3) is 0 Å². The average Bonchev–Trinajstić information content (AvgIpc) is 2.70. The number of hydrogen-bond donors (Lipinski definition) is 2. The maximum atomic E-state index is 11.6. The SMILES string of the molecule is CC#CCCNC(=O)C(N)c1cnn(C)c1. The lowest BCUT2D eigenvalue weighted by molar-refractivity contribution is -0.122. The smallest absolute Gasteiger partial charge is 0.241 e. The Morgan fingerprint density at radius 1 is 1.75 bits per heavy atom. The number of amides is 1. The lowest BCUT2D eigenvalue weighted by atomic mass is 10.1. The average molecular weight is 220 g/mol. The quantitative estimate of drug-likeness (QED) is 0.552. The minimum absolute atomic E-state index is 0.203. The van der Waals surface area contributed by atoms with Crippen LogP contribution in [0.3, 0.4) is 0 Å². The zero-order valence-electron chi connectivity index (χ0n) is 9.53. The van der Waals surface area contributed by atoms with Crippen molar-refractivity contribution in [3.8, 4) is 11.8 Å². The van der Waals surface area contributed by atoms with Gasteiger partial charge >= 0.3 is 0 Å². The van der Waals surface area contributed by atoms with E-state index in [4.69, 9.17) is 5.73 Å². The molecule has 0 saturated carbocycles. The Hall–Kier alpha value is -1.80. The second-order valence-corrected chi connectivity index (χ2v) is 3.39. The number of nitrogens with one attached hydrogen (secondary N) is 1. The molecule has 1 unspecified atom stereocenters. The topological polar surface area (TPSA) is 72.9 Å². The van der Waals surface area contributed by atoms with E-state index in [-0.39, 0.29) is 5.91 Å². The second-order valence-electron chi connectivity index (χ2n) is 3.39. The van der Waals surface area contributed by atoms with Crippen LogP contribution in [0.1, 0.15) is 24.9 Å². The highest BCUT2D eigenvalue weighted by molar-refractivity contribution is 5.82. The van der Waals surface area contributed by atoms with Crippen LogP contribution < -0.4 is 11.1 Å². The molecule has 1 aromatic heterocycles. The Bertz CT molecular complexity index is 413. The molecule has 5 heteroatoms. The fraction of sp³-hybridized carbons (Fsp3) is 0.455. The third-order valence-corrected chi connectivity index (χ3v) is 2.09. The minimum atomic E-state index is -0.664. The standard InChI is InChI=1S/C11H16N4O/c1-3-4-5-6-13-11(16)10(12)9-7-14-15(2)8-9/h7-8,10H,5-6,12H2,1-2H3,(H,13,16). The molecule has 0 aliphatic heterocycles.